The first-order valence-electron chi connectivity index (χ1n) is 5.90. The van der Waals surface area contributed by atoms with Crippen molar-refractivity contribution in [2.24, 2.45) is 5.92 Å². The number of hydrogen-bond donors (Lipinski definition) is 0. The van der Waals surface area contributed by atoms with Crippen molar-refractivity contribution in [1.82, 2.24) is 0 Å². The third-order valence-electron chi connectivity index (χ3n) is 3.42. The van der Waals surface area contributed by atoms with E-state index >= 15 is 0 Å². The molecule has 0 heterocycles. The maximum absolute atomic E-state index is 13.4. The Bertz CT molecular complexity index is 683. The Hall–Kier alpha value is -0.930. The van der Waals surface area contributed by atoms with Crippen molar-refractivity contribution < 1.29 is 40.3 Å². The Balaban J connectivity index is 2.20. The minimum Gasteiger partial charge on any atom is -0.460 e. The zero-order valence-electron chi connectivity index (χ0n) is 11.0. The molecule has 0 radical (unpaired) electrons. The minimum atomic E-state index is -3.35. The summed E-state index contributed by atoms with van der Waals surface area (Å²) in [4.78, 5) is 8.97. The minimum absolute atomic E-state index is 1.43. The van der Waals surface area contributed by atoms with Gasteiger partial charge in [0.05, 0.1) is 5.56 Å². The first-order chi connectivity index (χ1) is 10.9. The second kappa shape index (κ2) is 6.10. The van der Waals surface area contributed by atoms with Gasteiger partial charge >= 0.3 is 5.97 Å². The Morgan fingerprint density at radius 2 is 1.38 bits per heavy atom. The van der Waals surface area contributed by atoms with E-state index in [2.05, 4.69) is 4.74 Å². The molecule has 2 atom stereocenters. The topological polar surface area (TPSA) is 26.3 Å². The van der Waals surface area contributed by atoms with Crippen LogP contribution < -0.4 is 0 Å². The van der Waals surface area contributed by atoms with Crippen molar-refractivity contribution in [3.05, 3.63) is 34.6 Å². The maximum Gasteiger partial charge on any atom is 0.314 e. The summed E-state index contributed by atoms with van der Waals surface area (Å²) in [5.41, 5.74) is -1.47. The largest absolute Gasteiger partial charge is 0.460 e. The van der Waals surface area contributed by atoms with E-state index in [0.29, 0.717) is 0 Å². The van der Waals surface area contributed by atoms with Crippen LogP contribution in [0, 0.1) is 35.0 Å². The van der Waals surface area contributed by atoms with Crippen molar-refractivity contribution in [3.8, 4) is 0 Å². The molecule has 2 unspecified atom stereocenters. The van der Waals surface area contributed by atoms with Gasteiger partial charge in [0.15, 0.2) is 32.5 Å². The molecular weight excluding hydrogens is 415 g/mol. The summed E-state index contributed by atoms with van der Waals surface area (Å²) in [6.45, 7) is -1.43. The molecule has 0 N–H and O–H groups in total. The number of carbonyl (C=O) groups is 1. The van der Waals surface area contributed by atoms with Crippen LogP contribution in [0.2, 0.25) is 0 Å². The van der Waals surface area contributed by atoms with Gasteiger partial charge in [0.2, 0.25) is 5.82 Å². The lowest BCUT2D eigenvalue weighted by molar-refractivity contribution is -0.147. The van der Waals surface area contributed by atoms with Gasteiger partial charge in [-0.05, 0) is 0 Å². The maximum atomic E-state index is 13.4. The second-order valence-corrected chi connectivity index (χ2v) is 6.79. The standard InChI is InChI=1S/C12H4Cl3F7O2/c13-11(10(21)22)8(12(11,14)15)9(23)24-1-2-3(16)5(18)7(20)6(19)4(2)17/h8,10H,1H2. The molecule has 1 saturated carbocycles. The molecule has 2 nitrogen and oxygen atoms in total. The summed E-state index contributed by atoms with van der Waals surface area (Å²) >= 11 is 16.3. The van der Waals surface area contributed by atoms with E-state index in [0.717, 1.165) is 0 Å². The molecule has 24 heavy (non-hydrogen) atoms. The predicted molar refractivity (Wildman–Crippen MR) is 68.5 cm³/mol. The fraction of sp³-hybridized carbons (Fsp3) is 0.417. The summed E-state index contributed by atoms with van der Waals surface area (Å²) in [6, 6.07) is 0. The fourth-order valence-electron chi connectivity index (χ4n) is 1.99. The lowest BCUT2D eigenvalue weighted by Crippen LogP contribution is -2.22. The average molecular weight is 420 g/mol. The van der Waals surface area contributed by atoms with Gasteiger partial charge in [0.1, 0.15) is 12.5 Å². The molecule has 1 aliphatic carbocycles. The Morgan fingerprint density at radius 3 is 1.75 bits per heavy atom. The number of ether oxygens (including phenoxy) is 1. The highest BCUT2D eigenvalue weighted by Gasteiger charge is 2.84. The summed E-state index contributed by atoms with van der Waals surface area (Å²) in [6.07, 6.45) is -3.35. The summed E-state index contributed by atoms with van der Waals surface area (Å²) < 4.78 is 93.0. The molecule has 134 valence electrons. The number of rotatable bonds is 4. The normalized spacial score (nSPS) is 25.0. The monoisotopic (exact) mass is 418 g/mol. The first-order valence-corrected chi connectivity index (χ1v) is 7.04. The van der Waals surface area contributed by atoms with Gasteiger partial charge < -0.3 is 4.74 Å². The molecule has 12 heteroatoms. The number of benzene rings is 1. The first kappa shape index (κ1) is 19.4. The van der Waals surface area contributed by atoms with E-state index in [1.54, 1.807) is 0 Å². The van der Waals surface area contributed by atoms with Gasteiger partial charge in [-0.1, -0.05) is 23.2 Å². The van der Waals surface area contributed by atoms with E-state index in [-0.39, 0.29) is 0 Å². The number of carbonyl (C=O) groups excluding carboxylic acids is 1. The number of esters is 1. The Labute approximate surface area is 144 Å². The third kappa shape index (κ3) is 2.61. The van der Waals surface area contributed by atoms with Crippen molar-refractivity contribution in [2.75, 3.05) is 0 Å². The lowest BCUT2D eigenvalue weighted by Gasteiger charge is -2.10. The molecule has 0 aromatic heterocycles. The van der Waals surface area contributed by atoms with Gasteiger partial charge in [-0.3, -0.25) is 4.79 Å². The van der Waals surface area contributed by atoms with Crippen LogP contribution in [-0.2, 0) is 16.1 Å². The van der Waals surface area contributed by atoms with Crippen LogP contribution in [0.3, 0.4) is 0 Å². The van der Waals surface area contributed by atoms with E-state index in [1.165, 1.54) is 0 Å². The van der Waals surface area contributed by atoms with Crippen LogP contribution >= 0.6 is 34.8 Å². The zero-order chi connectivity index (χ0) is 18.6. The van der Waals surface area contributed by atoms with Crippen LogP contribution in [0.15, 0.2) is 0 Å². The van der Waals surface area contributed by atoms with Crippen LogP contribution in [0.1, 0.15) is 5.56 Å². The van der Waals surface area contributed by atoms with Gasteiger partial charge in [0.25, 0.3) is 6.43 Å². The predicted octanol–water partition coefficient (Wildman–Crippen LogP) is 4.47. The van der Waals surface area contributed by atoms with Gasteiger partial charge in [-0.2, -0.15) is 0 Å². The van der Waals surface area contributed by atoms with E-state index in [1.807, 2.05) is 0 Å². The summed E-state index contributed by atoms with van der Waals surface area (Å²) in [5.74, 6) is -14.9. The molecule has 2 rings (SSSR count). The molecule has 1 aromatic rings. The van der Waals surface area contributed by atoms with Crippen LogP contribution in [0.4, 0.5) is 30.7 Å². The smallest absolute Gasteiger partial charge is 0.314 e. The van der Waals surface area contributed by atoms with Crippen LogP contribution in [-0.4, -0.2) is 21.6 Å². The van der Waals surface area contributed by atoms with Gasteiger partial charge in [0, 0.05) is 0 Å². The SMILES string of the molecule is O=C(OCc1c(F)c(F)c(F)c(F)c1F)C1C(Cl)(Cl)C1(Cl)C(F)F. The van der Waals surface area contributed by atoms with Crippen molar-refractivity contribution in [2.45, 2.75) is 22.2 Å². The number of alkyl halides is 5. The molecular formula is C12H4Cl3F7O2. The molecule has 0 aliphatic heterocycles. The van der Waals surface area contributed by atoms with Crippen molar-refractivity contribution in [1.29, 1.82) is 0 Å². The van der Waals surface area contributed by atoms with Crippen LogP contribution in [0.5, 0.6) is 0 Å². The highest BCUT2D eigenvalue weighted by atomic mass is 35.5. The lowest BCUT2D eigenvalue weighted by atomic mass is 10.2. The van der Waals surface area contributed by atoms with Crippen LogP contribution in [0.25, 0.3) is 0 Å². The molecule has 1 aliphatic rings. The molecule has 1 fully saturated rings. The van der Waals surface area contributed by atoms with Gasteiger partial charge in [-0.25, -0.2) is 30.7 Å². The Kier molecular flexibility index (Phi) is 4.93. The summed E-state index contributed by atoms with van der Waals surface area (Å²) in [5, 5.41) is 0. The second-order valence-electron chi connectivity index (χ2n) is 4.78. The van der Waals surface area contributed by atoms with Gasteiger partial charge in [-0.15, -0.1) is 11.6 Å². The van der Waals surface area contributed by atoms with Crippen molar-refractivity contribution in [3.63, 3.8) is 0 Å². The number of halogens is 10. The fourth-order valence-corrected chi connectivity index (χ4v) is 3.20. The Morgan fingerprint density at radius 1 is 0.958 bits per heavy atom. The molecule has 1 aromatic carbocycles. The molecule has 0 bridgehead atoms. The molecule has 0 spiro atoms. The third-order valence-corrected chi connectivity index (χ3v) is 5.36. The molecule has 0 saturated heterocycles. The van der Waals surface area contributed by atoms with E-state index in [9.17, 15) is 35.5 Å². The van der Waals surface area contributed by atoms with E-state index in [4.69, 9.17) is 34.8 Å². The molecule has 0 amide bonds. The van der Waals surface area contributed by atoms with Crippen molar-refractivity contribution >= 4 is 40.8 Å². The summed E-state index contributed by atoms with van der Waals surface area (Å²) in [7, 11) is 0. The average Bonchev–Trinajstić information content (AvgIpc) is 2.97. The highest BCUT2D eigenvalue weighted by Crippen LogP contribution is 2.69. The number of hydrogen-bond acceptors (Lipinski definition) is 2. The zero-order valence-corrected chi connectivity index (χ0v) is 13.2. The quantitative estimate of drug-likeness (QED) is 0.237. The van der Waals surface area contributed by atoms with E-state index < -0.39 is 68.8 Å². The highest BCUT2D eigenvalue weighted by molar-refractivity contribution is 6.60.